The minimum atomic E-state index is -0.392. The lowest BCUT2D eigenvalue weighted by atomic mass is 10.0. The average molecular weight is 501 g/mol. The van der Waals surface area contributed by atoms with Crippen LogP contribution in [0.25, 0.3) is 16.7 Å². The first-order valence-electron chi connectivity index (χ1n) is 12.5. The van der Waals surface area contributed by atoms with Gasteiger partial charge in [0.25, 0.3) is 5.91 Å². The van der Waals surface area contributed by atoms with Crippen molar-refractivity contribution in [2.24, 2.45) is 0 Å². The lowest BCUT2D eigenvalue weighted by molar-refractivity contribution is 0.0601. The summed E-state index contributed by atoms with van der Waals surface area (Å²) >= 11 is 1.51. The van der Waals surface area contributed by atoms with E-state index in [4.69, 9.17) is 14.8 Å². The number of nitrogens with one attached hydrogen (secondary N) is 1. The molecule has 7 nitrogen and oxygen atoms in total. The van der Waals surface area contributed by atoms with Crippen molar-refractivity contribution in [2.45, 2.75) is 57.8 Å². The summed E-state index contributed by atoms with van der Waals surface area (Å²) in [6, 6.07) is 11.8. The Hall–Kier alpha value is -3.52. The molecule has 184 valence electrons. The number of amides is 1. The maximum atomic E-state index is 13.8. The molecular weight excluding hydrogens is 472 g/mol. The quantitative estimate of drug-likeness (QED) is 0.269. The highest BCUT2D eigenvalue weighted by atomic mass is 32.1. The number of thiophene rings is 1. The molecule has 2 aliphatic rings. The van der Waals surface area contributed by atoms with Gasteiger partial charge in [-0.15, -0.1) is 11.3 Å². The maximum Gasteiger partial charge on any atom is 0.341 e. The van der Waals surface area contributed by atoms with E-state index >= 15 is 0 Å². The van der Waals surface area contributed by atoms with Crippen LogP contribution < -0.4 is 5.32 Å². The summed E-state index contributed by atoms with van der Waals surface area (Å²) in [5.41, 5.74) is 5.33. The number of fused-ring (bicyclic) bond motifs is 2. The van der Waals surface area contributed by atoms with Crippen molar-refractivity contribution in [1.29, 1.82) is 0 Å². The minimum Gasteiger partial charge on any atom is -0.465 e. The van der Waals surface area contributed by atoms with Crippen LogP contribution >= 0.6 is 11.3 Å². The number of para-hydroxylation sites is 1. The molecule has 1 fully saturated rings. The first-order chi connectivity index (χ1) is 17.5. The Balaban J connectivity index is 1.46. The molecule has 1 saturated carbocycles. The standard InChI is InChI=1S/C28H28N4O3S/c1-16-23-20(15-21(17-13-14-17)29-25(23)32(31-16)18-9-5-3-6-10-18)26(33)30-27-24(28(34)35-2)19-11-7-4-8-12-22(19)36-27/h3,5-6,9-10,15,17H,4,7-8,11-14H2,1-2H3,(H,30,33). The van der Waals surface area contributed by atoms with Gasteiger partial charge < -0.3 is 10.1 Å². The lowest BCUT2D eigenvalue weighted by Crippen LogP contribution is -2.16. The van der Waals surface area contributed by atoms with Crippen molar-refractivity contribution in [3.8, 4) is 5.69 Å². The van der Waals surface area contributed by atoms with E-state index in [-0.39, 0.29) is 5.91 Å². The molecule has 1 amide bonds. The minimum absolute atomic E-state index is 0.249. The summed E-state index contributed by atoms with van der Waals surface area (Å²) < 4.78 is 6.94. The molecule has 0 aliphatic heterocycles. The number of aromatic nitrogens is 3. The molecule has 6 rings (SSSR count). The van der Waals surface area contributed by atoms with Crippen LogP contribution in [0.3, 0.4) is 0 Å². The highest BCUT2D eigenvalue weighted by Crippen LogP contribution is 2.42. The summed E-state index contributed by atoms with van der Waals surface area (Å²) in [4.78, 5) is 32.8. The molecule has 3 aromatic heterocycles. The van der Waals surface area contributed by atoms with E-state index in [9.17, 15) is 9.59 Å². The molecule has 1 N–H and O–H groups in total. The van der Waals surface area contributed by atoms with Crippen molar-refractivity contribution in [2.75, 3.05) is 12.4 Å². The normalized spacial score (nSPS) is 15.4. The summed E-state index contributed by atoms with van der Waals surface area (Å²) in [5, 5.41) is 9.15. The molecule has 0 unspecified atom stereocenters. The molecule has 0 radical (unpaired) electrons. The number of ether oxygens (including phenoxy) is 1. The van der Waals surface area contributed by atoms with E-state index in [1.807, 2.05) is 48.0 Å². The molecule has 0 bridgehead atoms. The highest BCUT2D eigenvalue weighted by Gasteiger charge is 2.31. The van der Waals surface area contributed by atoms with Gasteiger partial charge in [0.2, 0.25) is 0 Å². The van der Waals surface area contributed by atoms with E-state index in [0.717, 1.165) is 73.0 Å². The Kier molecular flexibility index (Phi) is 5.84. The third-order valence-electron chi connectivity index (χ3n) is 7.11. The molecule has 0 spiro atoms. The average Bonchev–Trinajstić information content (AvgIpc) is 3.67. The van der Waals surface area contributed by atoms with Crippen molar-refractivity contribution in [3.63, 3.8) is 0 Å². The summed E-state index contributed by atoms with van der Waals surface area (Å²) in [7, 11) is 1.39. The molecule has 0 atom stereocenters. The summed E-state index contributed by atoms with van der Waals surface area (Å²) in [6.45, 7) is 1.91. The van der Waals surface area contributed by atoms with Crippen LogP contribution in [-0.2, 0) is 17.6 Å². The second-order valence-electron chi connectivity index (χ2n) is 9.61. The van der Waals surface area contributed by atoms with Crippen molar-refractivity contribution < 1.29 is 14.3 Å². The Bertz CT molecular complexity index is 1480. The predicted octanol–water partition coefficient (Wildman–Crippen LogP) is 5.98. The number of benzene rings is 1. The van der Waals surface area contributed by atoms with Crippen molar-refractivity contribution in [1.82, 2.24) is 14.8 Å². The molecule has 4 aromatic rings. The number of rotatable bonds is 5. The zero-order valence-corrected chi connectivity index (χ0v) is 21.3. The summed E-state index contributed by atoms with van der Waals surface area (Å²) in [6.07, 6.45) is 7.18. The highest BCUT2D eigenvalue weighted by molar-refractivity contribution is 7.17. The fourth-order valence-corrected chi connectivity index (χ4v) is 6.42. The van der Waals surface area contributed by atoms with Crippen molar-refractivity contribution >= 4 is 39.2 Å². The third kappa shape index (κ3) is 3.99. The van der Waals surface area contributed by atoms with Crippen LogP contribution in [0.2, 0.25) is 0 Å². The van der Waals surface area contributed by atoms with E-state index in [2.05, 4.69) is 5.32 Å². The van der Waals surface area contributed by atoms with Gasteiger partial charge in [0.05, 0.1) is 35.0 Å². The predicted molar refractivity (Wildman–Crippen MR) is 140 cm³/mol. The maximum absolute atomic E-state index is 13.8. The molecule has 0 saturated heterocycles. The number of pyridine rings is 1. The second kappa shape index (κ2) is 9.17. The summed E-state index contributed by atoms with van der Waals surface area (Å²) in [5.74, 6) is -0.276. The Morgan fingerprint density at radius 1 is 1.11 bits per heavy atom. The molecule has 8 heteroatoms. The smallest absolute Gasteiger partial charge is 0.341 e. The van der Waals surface area contributed by atoms with Gasteiger partial charge in [-0.3, -0.25) is 4.79 Å². The number of aryl methyl sites for hydroxylation is 2. The van der Waals surface area contributed by atoms with Crippen LogP contribution in [-0.4, -0.2) is 33.8 Å². The van der Waals surface area contributed by atoms with Gasteiger partial charge in [-0.1, -0.05) is 24.6 Å². The molecule has 2 aliphatic carbocycles. The monoisotopic (exact) mass is 500 g/mol. The van der Waals surface area contributed by atoms with Gasteiger partial charge in [0.1, 0.15) is 5.00 Å². The first-order valence-corrected chi connectivity index (χ1v) is 13.4. The fraction of sp³-hybridized carbons (Fsp3) is 0.357. The largest absolute Gasteiger partial charge is 0.465 e. The van der Waals surface area contributed by atoms with E-state index in [1.165, 1.54) is 23.3 Å². The Morgan fingerprint density at radius 2 is 1.89 bits per heavy atom. The number of methoxy groups -OCH3 is 1. The van der Waals surface area contributed by atoms with Gasteiger partial charge in [-0.05, 0) is 69.2 Å². The number of esters is 1. The number of nitrogens with zero attached hydrogens (tertiary/aromatic N) is 3. The second-order valence-corrected chi connectivity index (χ2v) is 10.7. The molecule has 3 heterocycles. The Labute approximate surface area is 213 Å². The number of carbonyl (C=O) groups is 2. The van der Waals surface area contributed by atoms with E-state index in [0.29, 0.717) is 27.7 Å². The van der Waals surface area contributed by atoms with Crippen LogP contribution in [0.1, 0.15) is 80.6 Å². The number of hydrogen-bond acceptors (Lipinski definition) is 6. The number of hydrogen-bond donors (Lipinski definition) is 1. The SMILES string of the molecule is COC(=O)c1c(NC(=O)c2cc(C3CC3)nc3c2c(C)nn3-c2ccccc2)sc2c1CCCCC2. The van der Waals surface area contributed by atoms with Gasteiger partial charge in [0.15, 0.2) is 5.65 Å². The number of carbonyl (C=O) groups excluding carboxylic acids is 2. The zero-order chi connectivity index (χ0) is 24.8. The number of anilines is 1. The van der Waals surface area contributed by atoms with Gasteiger partial charge in [-0.25, -0.2) is 14.5 Å². The van der Waals surface area contributed by atoms with Crippen molar-refractivity contribution in [3.05, 3.63) is 69.4 Å². The van der Waals surface area contributed by atoms with Gasteiger partial charge >= 0.3 is 5.97 Å². The van der Waals surface area contributed by atoms with Crippen LogP contribution in [0.15, 0.2) is 36.4 Å². The Morgan fingerprint density at radius 3 is 2.64 bits per heavy atom. The molecule has 1 aromatic carbocycles. The third-order valence-corrected chi connectivity index (χ3v) is 8.32. The fourth-order valence-electron chi connectivity index (χ4n) is 5.14. The van der Waals surface area contributed by atoms with Gasteiger partial charge in [0, 0.05) is 16.5 Å². The molecular formula is C28H28N4O3S. The van der Waals surface area contributed by atoms with Crippen LogP contribution in [0.5, 0.6) is 0 Å². The zero-order valence-electron chi connectivity index (χ0n) is 20.5. The topological polar surface area (TPSA) is 86.1 Å². The van der Waals surface area contributed by atoms with E-state index < -0.39 is 5.97 Å². The molecule has 36 heavy (non-hydrogen) atoms. The van der Waals surface area contributed by atoms with Gasteiger partial charge in [-0.2, -0.15) is 5.10 Å². The lowest BCUT2D eigenvalue weighted by Gasteiger charge is -2.10. The van der Waals surface area contributed by atoms with Crippen LogP contribution in [0, 0.1) is 6.92 Å². The first kappa shape index (κ1) is 22.9. The van der Waals surface area contributed by atoms with E-state index in [1.54, 1.807) is 0 Å². The van der Waals surface area contributed by atoms with Crippen LogP contribution in [0.4, 0.5) is 5.00 Å².